The number of fused-ring (bicyclic) bond motifs is 3. The van der Waals surface area contributed by atoms with Crippen molar-refractivity contribution in [1.29, 1.82) is 0 Å². The molecule has 18 heavy (non-hydrogen) atoms. The quantitative estimate of drug-likeness (QED) is 0.790. The predicted molar refractivity (Wildman–Crippen MR) is 74.9 cm³/mol. The molecule has 3 rings (SSSR count). The fourth-order valence-electron chi connectivity index (χ4n) is 3.14. The van der Waals surface area contributed by atoms with E-state index in [0.717, 1.165) is 23.1 Å². The summed E-state index contributed by atoms with van der Waals surface area (Å²) in [5.74, 6) is 1.12. The van der Waals surface area contributed by atoms with Gasteiger partial charge in [0.05, 0.1) is 11.6 Å². The Bertz CT molecular complexity index is 574. The molecule has 2 aliphatic carbocycles. The zero-order valence-electron chi connectivity index (χ0n) is 10.5. The van der Waals surface area contributed by atoms with Crippen LogP contribution in [0.4, 0.5) is 0 Å². The van der Waals surface area contributed by atoms with E-state index in [9.17, 15) is 4.79 Å². The van der Waals surface area contributed by atoms with E-state index < -0.39 is 0 Å². The van der Waals surface area contributed by atoms with Crippen LogP contribution in [-0.4, -0.2) is 12.9 Å². The smallest absolute Gasteiger partial charge is 0.171 e. The van der Waals surface area contributed by atoms with Gasteiger partial charge in [0, 0.05) is 11.8 Å². The summed E-state index contributed by atoms with van der Waals surface area (Å²) in [6.07, 6.45) is 2.68. The lowest BCUT2D eigenvalue weighted by atomic mass is 9.70. The minimum atomic E-state index is 0.0114. The van der Waals surface area contributed by atoms with E-state index in [2.05, 4.69) is 35.0 Å². The van der Waals surface area contributed by atoms with Crippen molar-refractivity contribution < 1.29 is 9.53 Å². The summed E-state index contributed by atoms with van der Waals surface area (Å²) in [4.78, 5) is 11.9. The average Bonchev–Trinajstić information content (AvgIpc) is 2.59. The minimum absolute atomic E-state index is 0.0114. The number of carbonyl (C=O) groups is 1. The predicted octanol–water partition coefficient (Wildman–Crippen LogP) is 3.73. The van der Waals surface area contributed by atoms with Crippen LogP contribution in [0.15, 0.2) is 22.7 Å². The maximum absolute atomic E-state index is 11.9. The van der Waals surface area contributed by atoms with Crippen LogP contribution in [-0.2, 0) is 11.2 Å². The minimum Gasteiger partial charge on any atom is -0.497 e. The molecule has 0 heterocycles. The van der Waals surface area contributed by atoms with Gasteiger partial charge in [-0.05, 0) is 57.6 Å². The van der Waals surface area contributed by atoms with Gasteiger partial charge in [0.2, 0.25) is 0 Å². The van der Waals surface area contributed by atoms with E-state index in [0.29, 0.717) is 6.42 Å². The molecular formula is C15H15BrO2. The summed E-state index contributed by atoms with van der Waals surface area (Å²) in [6, 6.07) is 6.15. The van der Waals surface area contributed by atoms with E-state index in [4.69, 9.17) is 4.74 Å². The molecule has 2 aliphatic rings. The van der Waals surface area contributed by atoms with E-state index >= 15 is 0 Å². The second kappa shape index (κ2) is 3.95. The Labute approximate surface area is 115 Å². The molecule has 0 spiro atoms. The third-order valence-electron chi connectivity index (χ3n) is 4.15. The van der Waals surface area contributed by atoms with Crippen molar-refractivity contribution in [3.63, 3.8) is 0 Å². The van der Waals surface area contributed by atoms with Gasteiger partial charge in [0.25, 0.3) is 0 Å². The van der Waals surface area contributed by atoms with Gasteiger partial charge in [-0.15, -0.1) is 0 Å². The summed E-state index contributed by atoms with van der Waals surface area (Å²) in [5.41, 5.74) is 3.70. The highest BCUT2D eigenvalue weighted by Crippen LogP contribution is 2.54. The van der Waals surface area contributed by atoms with Gasteiger partial charge in [-0.3, -0.25) is 4.79 Å². The third-order valence-corrected chi connectivity index (χ3v) is 4.99. The molecule has 1 aromatic carbocycles. The summed E-state index contributed by atoms with van der Waals surface area (Å²) in [7, 11) is 1.68. The van der Waals surface area contributed by atoms with Crippen LogP contribution in [0.25, 0.3) is 5.57 Å². The summed E-state index contributed by atoms with van der Waals surface area (Å²) in [5, 5.41) is 0. The fraction of sp³-hybridized carbons (Fsp3) is 0.400. The Morgan fingerprint density at radius 1 is 1.39 bits per heavy atom. The number of Topliss-reactive ketones (excluding diaryl/α,β-unsaturated/α-hetero) is 1. The van der Waals surface area contributed by atoms with Crippen LogP contribution >= 0.6 is 15.9 Å². The van der Waals surface area contributed by atoms with Gasteiger partial charge in [-0.1, -0.05) is 13.0 Å². The van der Waals surface area contributed by atoms with Crippen molar-refractivity contribution in [2.45, 2.75) is 26.2 Å². The second-order valence-corrected chi connectivity index (χ2v) is 6.17. The topological polar surface area (TPSA) is 26.3 Å². The van der Waals surface area contributed by atoms with Crippen LogP contribution in [0.3, 0.4) is 0 Å². The van der Waals surface area contributed by atoms with Crippen LogP contribution in [0.1, 0.15) is 30.9 Å². The molecule has 0 saturated heterocycles. The van der Waals surface area contributed by atoms with Crippen molar-refractivity contribution in [2.75, 3.05) is 7.11 Å². The fourth-order valence-corrected chi connectivity index (χ4v) is 3.97. The molecule has 0 amide bonds. The first-order valence-electron chi connectivity index (χ1n) is 6.16. The number of aryl methyl sites for hydroxylation is 1. The van der Waals surface area contributed by atoms with E-state index in [1.165, 1.54) is 16.7 Å². The number of carbonyl (C=O) groups excluding carboxylic acids is 1. The molecule has 0 aliphatic heterocycles. The van der Waals surface area contributed by atoms with Gasteiger partial charge in [0.1, 0.15) is 5.75 Å². The van der Waals surface area contributed by atoms with Gasteiger partial charge in [0.15, 0.2) is 5.78 Å². The van der Waals surface area contributed by atoms with Crippen molar-refractivity contribution in [3.05, 3.63) is 33.8 Å². The Kier molecular flexibility index (Phi) is 2.63. The third kappa shape index (κ3) is 1.57. The van der Waals surface area contributed by atoms with Crippen LogP contribution in [0, 0.1) is 5.41 Å². The summed E-state index contributed by atoms with van der Waals surface area (Å²) < 4.78 is 6.04. The van der Waals surface area contributed by atoms with E-state index in [-0.39, 0.29) is 11.2 Å². The number of rotatable bonds is 1. The average molecular weight is 307 g/mol. The molecule has 2 nitrogen and oxygen atoms in total. The first-order valence-corrected chi connectivity index (χ1v) is 6.95. The Morgan fingerprint density at radius 2 is 2.17 bits per heavy atom. The number of allylic oxidation sites excluding steroid dienone is 2. The molecule has 1 aromatic rings. The highest BCUT2D eigenvalue weighted by molar-refractivity contribution is 9.12. The van der Waals surface area contributed by atoms with Crippen molar-refractivity contribution in [3.8, 4) is 5.75 Å². The van der Waals surface area contributed by atoms with Gasteiger partial charge in [-0.25, -0.2) is 0 Å². The monoisotopic (exact) mass is 306 g/mol. The molecule has 0 fully saturated rings. The number of hydrogen-bond donors (Lipinski definition) is 0. The lowest BCUT2D eigenvalue weighted by molar-refractivity contribution is -0.115. The number of methoxy groups -OCH3 is 1. The standard InChI is InChI=1S/C15H15BrO2/c1-15-6-5-9-7-10(18-2)3-4-11(9)13(15)14(16)12(17)8-15/h3-4,7H,5-6,8H2,1-2H3. The largest absolute Gasteiger partial charge is 0.497 e. The number of benzene rings is 1. The van der Waals surface area contributed by atoms with Crippen LogP contribution in [0.2, 0.25) is 0 Å². The lowest BCUT2D eigenvalue weighted by Gasteiger charge is -2.33. The van der Waals surface area contributed by atoms with Crippen molar-refractivity contribution in [1.82, 2.24) is 0 Å². The molecule has 94 valence electrons. The lowest BCUT2D eigenvalue weighted by Crippen LogP contribution is -2.22. The Morgan fingerprint density at radius 3 is 2.89 bits per heavy atom. The Hall–Kier alpha value is -1.09. The van der Waals surface area contributed by atoms with E-state index in [1.54, 1.807) is 7.11 Å². The highest BCUT2D eigenvalue weighted by Gasteiger charge is 2.44. The Balaban J connectivity index is 2.20. The number of ketones is 1. The molecule has 1 atom stereocenters. The number of hydrogen-bond acceptors (Lipinski definition) is 2. The maximum Gasteiger partial charge on any atom is 0.171 e. The molecule has 0 bridgehead atoms. The zero-order valence-corrected chi connectivity index (χ0v) is 12.1. The molecule has 0 N–H and O–H groups in total. The first kappa shape index (κ1) is 12.0. The zero-order chi connectivity index (χ0) is 12.9. The molecule has 0 aromatic heterocycles. The van der Waals surface area contributed by atoms with Crippen molar-refractivity contribution in [2.24, 2.45) is 5.41 Å². The first-order chi connectivity index (χ1) is 8.55. The molecule has 0 radical (unpaired) electrons. The van der Waals surface area contributed by atoms with Crippen LogP contribution < -0.4 is 4.74 Å². The molecule has 1 unspecified atom stereocenters. The molecule has 0 saturated carbocycles. The second-order valence-electron chi connectivity index (χ2n) is 5.37. The van der Waals surface area contributed by atoms with Gasteiger partial charge in [-0.2, -0.15) is 0 Å². The normalized spacial score (nSPS) is 26.1. The van der Waals surface area contributed by atoms with E-state index in [1.807, 2.05) is 6.07 Å². The molecule has 3 heteroatoms. The summed E-state index contributed by atoms with van der Waals surface area (Å²) >= 11 is 3.48. The van der Waals surface area contributed by atoms with Crippen molar-refractivity contribution >= 4 is 27.3 Å². The van der Waals surface area contributed by atoms with Gasteiger partial charge >= 0.3 is 0 Å². The van der Waals surface area contributed by atoms with Crippen LogP contribution in [0.5, 0.6) is 5.75 Å². The van der Waals surface area contributed by atoms with Gasteiger partial charge < -0.3 is 4.74 Å². The SMILES string of the molecule is COc1ccc2c(c1)CCC1(C)CC(=O)C(Br)=C21. The summed E-state index contributed by atoms with van der Waals surface area (Å²) in [6.45, 7) is 2.20. The number of halogens is 1. The highest BCUT2D eigenvalue weighted by atomic mass is 79.9. The maximum atomic E-state index is 11.9. The molecular weight excluding hydrogens is 292 g/mol. The number of ether oxygens (including phenoxy) is 1.